The number of non-ortho nitro benzene ring substituents is 1. The van der Waals surface area contributed by atoms with Gasteiger partial charge in [-0.15, -0.1) is 12.4 Å². The van der Waals surface area contributed by atoms with Gasteiger partial charge in [0.05, 0.1) is 15.5 Å². The van der Waals surface area contributed by atoms with Gasteiger partial charge in [-0.2, -0.15) is 0 Å². The van der Waals surface area contributed by atoms with Gasteiger partial charge in [0.25, 0.3) is 11.6 Å². The second-order valence-corrected chi connectivity index (χ2v) is 7.01. The number of carbonyl (C=O) groups is 1. The van der Waals surface area contributed by atoms with Crippen LogP contribution in [0, 0.1) is 22.0 Å². The number of fused-ring (bicyclic) bond motifs is 2. The normalized spacial score (nSPS) is 28.6. The highest BCUT2D eigenvalue weighted by molar-refractivity contribution is 6.34. The van der Waals surface area contributed by atoms with Gasteiger partial charge in [-0.3, -0.25) is 14.9 Å². The number of rotatable bonds is 3. The highest BCUT2D eigenvalue weighted by atomic mass is 35.5. The van der Waals surface area contributed by atoms with Crippen molar-refractivity contribution in [2.75, 3.05) is 0 Å². The summed E-state index contributed by atoms with van der Waals surface area (Å²) in [5.41, 5.74) is 6.26. The van der Waals surface area contributed by atoms with Gasteiger partial charge < -0.3 is 11.1 Å². The molecule has 0 aliphatic heterocycles. The zero-order valence-corrected chi connectivity index (χ0v) is 14.7. The SMILES string of the molecule is Cl.NC1CC2CCCC(C1)C2NC(=O)c1ccc([N+](=O)[O-])cc1Cl. The van der Waals surface area contributed by atoms with Crippen molar-refractivity contribution in [1.82, 2.24) is 5.32 Å². The second-order valence-electron chi connectivity index (χ2n) is 6.60. The molecule has 6 nitrogen and oxygen atoms in total. The number of nitro benzene ring substituents is 1. The minimum absolute atomic E-state index is 0. The van der Waals surface area contributed by atoms with Crippen LogP contribution in [0.15, 0.2) is 18.2 Å². The van der Waals surface area contributed by atoms with Crippen LogP contribution in [0.25, 0.3) is 0 Å². The summed E-state index contributed by atoms with van der Waals surface area (Å²) in [7, 11) is 0. The van der Waals surface area contributed by atoms with Crippen LogP contribution in [0.2, 0.25) is 5.02 Å². The number of nitro groups is 1. The maximum absolute atomic E-state index is 12.5. The van der Waals surface area contributed by atoms with Crippen LogP contribution < -0.4 is 11.1 Å². The van der Waals surface area contributed by atoms with Gasteiger partial charge in [0.1, 0.15) is 0 Å². The molecular formula is C16H21Cl2N3O3. The van der Waals surface area contributed by atoms with Crippen LogP contribution in [-0.2, 0) is 0 Å². The molecule has 2 unspecified atom stereocenters. The zero-order valence-electron chi connectivity index (χ0n) is 13.1. The third kappa shape index (κ3) is 3.82. The summed E-state index contributed by atoms with van der Waals surface area (Å²) in [6.07, 6.45) is 5.24. The molecule has 2 bridgehead atoms. The Balaban J connectivity index is 0.00000208. The molecule has 2 aliphatic carbocycles. The van der Waals surface area contributed by atoms with E-state index in [9.17, 15) is 14.9 Å². The molecule has 0 aromatic heterocycles. The lowest BCUT2D eigenvalue weighted by Gasteiger charge is -2.45. The summed E-state index contributed by atoms with van der Waals surface area (Å²) in [6, 6.07) is 4.29. The first-order chi connectivity index (χ1) is 11.0. The van der Waals surface area contributed by atoms with E-state index in [1.165, 1.54) is 24.6 Å². The number of nitrogens with one attached hydrogen (secondary N) is 1. The predicted molar refractivity (Wildman–Crippen MR) is 94.6 cm³/mol. The Hall–Kier alpha value is -1.37. The molecule has 0 saturated heterocycles. The smallest absolute Gasteiger partial charge is 0.270 e. The minimum atomic E-state index is -0.527. The number of nitrogens with two attached hydrogens (primary N) is 1. The van der Waals surface area contributed by atoms with E-state index in [-0.39, 0.29) is 46.7 Å². The summed E-state index contributed by atoms with van der Waals surface area (Å²) >= 11 is 6.04. The van der Waals surface area contributed by atoms with Crippen molar-refractivity contribution in [2.24, 2.45) is 17.6 Å². The molecule has 1 aromatic rings. The molecule has 0 heterocycles. The molecule has 8 heteroatoms. The van der Waals surface area contributed by atoms with E-state index >= 15 is 0 Å². The maximum atomic E-state index is 12.5. The summed E-state index contributed by atoms with van der Waals surface area (Å²) in [6.45, 7) is 0. The van der Waals surface area contributed by atoms with E-state index in [1.54, 1.807) is 0 Å². The van der Waals surface area contributed by atoms with E-state index in [0.717, 1.165) is 25.7 Å². The van der Waals surface area contributed by atoms with Crippen LogP contribution in [0.4, 0.5) is 5.69 Å². The highest BCUT2D eigenvalue weighted by Crippen LogP contribution is 2.40. The fraction of sp³-hybridized carbons (Fsp3) is 0.562. The molecule has 2 fully saturated rings. The largest absolute Gasteiger partial charge is 0.349 e. The van der Waals surface area contributed by atoms with Crippen molar-refractivity contribution >= 4 is 35.6 Å². The van der Waals surface area contributed by atoms with Gasteiger partial charge in [-0.05, 0) is 43.6 Å². The Kier molecular flexibility index (Phi) is 6.06. The number of nitrogens with zero attached hydrogens (tertiary/aromatic N) is 1. The average molecular weight is 374 g/mol. The Bertz CT molecular complexity index is 627. The van der Waals surface area contributed by atoms with E-state index in [0.29, 0.717) is 11.8 Å². The summed E-state index contributed by atoms with van der Waals surface area (Å²) in [5.74, 6) is 0.568. The minimum Gasteiger partial charge on any atom is -0.349 e. The Morgan fingerprint density at radius 1 is 1.29 bits per heavy atom. The first-order valence-electron chi connectivity index (χ1n) is 7.96. The highest BCUT2D eigenvalue weighted by Gasteiger charge is 2.40. The number of hydrogen-bond donors (Lipinski definition) is 2. The number of benzene rings is 1. The molecule has 0 radical (unpaired) electrons. The van der Waals surface area contributed by atoms with E-state index in [1.807, 2.05) is 0 Å². The lowest BCUT2D eigenvalue weighted by Crippen LogP contribution is -2.53. The molecule has 2 atom stereocenters. The van der Waals surface area contributed by atoms with Crippen LogP contribution in [0.1, 0.15) is 42.5 Å². The summed E-state index contributed by atoms with van der Waals surface area (Å²) in [4.78, 5) is 22.8. The molecule has 3 rings (SSSR count). The summed E-state index contributed by atoms with van der Waals surface area (Å²) < 4.78 is 0. The molecule has 132 valence electrons. The molecule has 1 amide bonds. The molecular weight excluding hydrogens is 353 g/mol. The van der Waals surface area contributed by atoms with Gasteiger partial charge in [0, 0.05) is 24.2 Å². The van der Waals surface area contributed by atoms with Crippen LogP contribution >= 0.6 is 24.0 Å². The topological polar surface area (TPSA) is 98.3 Å². The number of hydrogen-bond acceptors (Lipinski definition) is 4. The summed E-state index contributed by atoms with van der Waals surface area (Å²) in [5, 5.41) is 14.0. The molecule has 0 spiro atoms. The van der Waals surface area contributed by atoms with Gasteiger partial charge in [-0.25, -0.2) is 0 Å². The van der Waals surface area contributed by atoms with Gasteiger partial charge in [0.15, 0.2) is 0 Å². The van der Waals surface area contributed by atoms with Crippen LogP contribution in [-0.4, -0.2) is 22.9 Å². The number of carbonyl (C=O) groups excluding carboxylic acids is 1. The Labute approximate surface area is 151 Å². The van der Waals surface area contributed by atoms with E-state index in [2.05, 4.69) is 5.32 Å². The number of amides is 1. The first-order valence-corrected chi connectivity index (χ1v) is 8.34. The quantitative estimate of drug-likeness (QED) is 0.626. The van der Waals surface area contributed by atoms with E-state index in [4.69, 9.17) is 17.3 Å². The van der Waals surface area contributed by atoms with Crippen molar-refractivity contribution in [1.29, 1.82) is 0 Å². The van der Waals surface area contributed by atoms with Gasteiger partial charge in [-0.1, -0.05) is 18.0 Å². The fourth-order valence-corrected chi connectivity index (χ4v) is 4.32. The van der Waals surface area contributed by atoms with Crippen molar-refractivity contribution in [3.8, 4) is 0 Å². The van der Waals surface area contributed by atoms with Crippen LogP contribution in [0.5, 0.6) is 0 Å². The van der Waals surface area contributed by atoms with Gasteiger partial charge in [0.2, 0.25) is 0 Å². The van der Waals surface area contributed by atoms with Crippen LogP contribution in [0.3, 0.4) is 0 Å². The standard InChI is InChI=1S/C16H20ClN3O3.ClH/c17-14-8-12(20(22)23)4-5-13(14)16(21)19-15-9-2-1-3-10(15)7-11(18)6-9;/h4-5,8-11,15H,1-3,6-7,18H2,(H,19,21);1H. The monoisotopic (exact) mass is 373 g/mol. The lowest BCUT2D eigenvalue weighted by atomic mass is 9.67. The molecule has 24 heavy (non-hydrogen) atoms. The third-order valence-corrected chi connectivity index (χ3v) is 5.40. The van der Waals surface area contributed by atoms with Crippen molar-refractivity contribution in [3.05, 3.63) is 38.9 Å². The fourth-order valence-electron chi connectivity index (χ4n) is 4.06. The van der Waals surface area contributed by atoms with E-state index < -0.39 is 4.92 Å². The molecule has 1 aromatic carbocycles. The second kappa shape index (κ2) is 7.68. The predicted octanol–water partition coefficient (Wildman–Crippen LogP) is 3.31. The Morgan fingerprint density at radius 2 is 1.92 bits per heavy atom. The van der Waals surface area contributed by atoms with Crippen molar-refractivity contribution < 1.29 is 9.72 Å². The number of halogens is 2. The molecule has 3 N–H and O–H groups in total. The third-order valence-electron chi connectivity index (χ3n) is 5.08. The Morgan fingerprint density at radius 3 is 2.46 bits per heavy atom. The first kappa shape index (κ1) is 19.0. The van der Waals surface area contributed by atoms with Gasteiger partial charge >= 0.3 is 0 Å². The van der Waals surface area contributed by atoms with Crippen molar-refractivity contribution in [2.45, 2.75) is 44.2 Å². The molecule has 2 aliphatic rings. The lowest BCUT2D eigenvalue weighted by molar-refractivity contribution is -0.384. The zero-order chi connectivity index (χ0) is 16.6. The maximum Gasteiger partial charge on any atom is 0.270 e. The molecule has 2 saturated carbocycles. The van der Waals surface area contributed by atoms with Crippen molar-refractivity contribution in [3.63, 3.8) is 0 Å². The average Bonchev–Trinajstić information content (AvgIpc) is 2.47.